The summed E-state index contributed by atoms with van der Waals surface area (Å²) in [5.74, 6) is 1.12. The minimum atomic E-state index is -0.659. The lowest BCUT2D eigenvalue weighted by Gasteiger charge is -2.30. The van der Waals surface area contributed by atoms with Crippen LogP contribution in [0.5, 0.6) is 11.5 Å². The lowest BCUT2D eigenvalue weighted by Crippen LogP contribution is -2.47. The molecule has 122 valence electrons. The van der Waals surface area contributed by atoms with Crippen LogP contribution in [0.25, 0.3) is 0 Å². The normalized spacial score (nSPS) is 16.1. The Balaban J connectivity index is 1.70. The summed E-state index contributed by atoms with van der Waals surface area (Å²) in [6.45, 7) is 1.57. The summed E-state index contributed by atoms with van der Waals surface area (Å²) in [5.41, 5.74) is 0.923. The number of hydrogen-bond acceptors (Lipinski definition) is 5. The lowest BCUT2D eigenvalue weighted by molar-refractivity contribution is -0.142. The van der Waals surface area contributed by atoms with Gasteiger partial charge in [0.15, 0.2) is 11.5 Å². The molecule has 0 radical (unpaired) electrons. The number of benzene rings is 1. The molecule has 0 N–H and O–H groups in total. The molecule has 1 amide bonds. The molecule has 0 fully saturated rings. The first-order chi connectivity index (χ1) is 11.3. The largest absolute Gasteiger partial charge is 0.485 e. The maximum Gasteiger partial charge on any atom is 0.267 e. The number of rotatable bonds is 6. The number of amides is 1. The number of fused-ring (bicyclic) bond motifs is 1. The van der Waals surface area contributed by atoms with Crippen molar-refractivity contribution in [3.63, 3.8) is 0 Å². The fourth-order valence-electron chi connectivity index (χ4n) is 2.42. The molecule has 6 heteroatoms. The van der Waals surface area contributed by atoms with Crippen molar-refractivity contribution < 1.29 is 23.4 Å². The van der Waals surface area contributed by atoms with Crippen molar-refractivity contribution in [3.05, 3.63) is 48.4 Å². The molecule has 0 saturated carbocycles. The van der Waals surface area contributed by atoms with E-state index >= 15 is 0 Å². The van der Waals surface area contributed by atoms with E-state index in [9.17, 15) is 4.79 Å². The smallest absolute Gasteiger partial charge is 0.267 e. The van der Waals surface area contributed by atoms with Gasteiger partial charge in [-0.05, 0) is 18.2 Å². The Kier molecular flexibility index (Phi) is 4.83. The number of para-hydroxylation sites is 2. The number of furan rings is 1. The van der Waals surface area contributed by atoms with Gasteiger partial charge in [-0.1, -0.05) is 12.1 Å². The van der Waals surface area contributed by atoms with Crippen LogP contribution in [0.15, 0.2) is 47.3 Å². The Morgan fingerprint density at radius 2 is 2.13 bits per heavy atom. The van der Waals surface area contributed by atoms with Crippen molar-refractivity contribution >= 4 is 5.91 Å². The number of methoxy groups -OCH3 is 1. The third kappa shape index (κ3) is 3.65. The van der Waals surface area contributed by atoms with Crippen molar-refractivity contribution in [2.75, 3.05) is 26.9 Å². The second kappa shape index (κ2) is 7.19. The van der Waals surface area contributed by atoms with Gasteiger partial charge in [0, 0.05) is 25.8 Å². The zero-order chi connectivity index (χ0) is 16.1. The molecule has 0 bridgehead atoms. The molecule has 0 aliphatic carbocycles. The number of carbonyl (C=O) groups is 1. The number of ether oxygens (including phenoxy) is 3. The van der Waals surface area contributed by atoms with Gasteiger partial charge in [0.25, 0.3) is 5.91 Å². The van der Waals surface area contributed by atoms with Crippen molar-refractivity contribution in [1.82, 2.24) is 4.90 Å². The van der Waals surface area contributed by atoms with Gasteiger partial charge in [0.05, 0.1) is 19.1 Å². The molecule has 3 rings (SSSR count). The zero-order valence-electron chi connectivity index (χ0n) is 12.9. The molecule has 0 saturated heterocycles. The zero-order valence-corrected chi connectivity index (χ0v) is 12.9. The van der Waals surface area contributed by atoms with E-state index in [-0.39, 0.29) is 12.5 Å². The second-order valence-electron chi connectivity index (χ2n) is 5.25. The number of carbonyl (C=O) groups excluding carboxylic acids is 1. The Hall–Kier alpha value is -2.47. The fourth-order valence-corrected chi connectivity index (χ4v) is 2.42. The van der Waals surface area contributed by atoms with Crippen molar-refractivity contribution in [3.8, 4) is 11.5 Å². The van der Waals surface area contributed by atoms with E-state index in [2.05, 4.69) is 0 Å². The molecule has 23 heavy (non-hydrogen) atoms. The summed E-state index contributed by atoms with van der Waals surface area (Å²) < 4.78 is 21.6. The molecule has 0 spiro atoms. The molecule has 1 aliphatic heterocycles. The van der Waals surface area contributed by atoms with Gasteiger partial charge in [-0.25, -0.2) is 0 Å². The average Bonchev–Trinajstić information content (AvgIpc) is 3.10. The van der Waals surface area contributed by atoms with Crippen molar-refractivity contribution in [2.45, 2.75) is 12.6 Å². The summed E-state index contributed by atoms with van der Waals surface area (Å²) in [6.07, 6.45) is 2.56. The highest BCUT2D eigenvalue weighted by atomic mass is 16.6. The Morgan fingerprint density at radius 1 is 1.30 bits per heavy atom. The first-order valence-electron chi connectivity index (χ1n) is 7.45. The van der Waals surface area contributed by atoms with Gasteiger partial charge in [0.1, 0.15) is 6.61 Å². The van der Waals surface area contributed by atoms with Crippen LogP contribution in [0.4, 0.5) is 0 Å². The molecule has 2 heterocycles. The van der Waals surface area contributed by atoms with Crippen LogP contribution >= 0.6 is 0 Å². The number of hydrogen-bond donors (Lipinski definition) is 0. The molecule has 6 nitrogen and oxygen atoms in total. The van der Waals surface area contributed by atoms with Crippen molar-refractivity contribution in [2.24, 2.45) is 0 Å². The van der Waals surface area contributed by atoms with Crippen LogP contribution in [0.3, 0.4) is 0 Å². The maximum atomic E-state index is 12.8. The highest BCUT2D eigenvalue weighted by Gasteiger charge is 2.31. The summed E-state index contributed by atoms with van der Waals surface area (Å²) >= 11 is 0. The Bertz CT molecular complexity index is 640. The van der Waals surface area contributed by atoms with Crippen LogP contribution in [-0.4, -0.2) is 43.8 Å². The van der Waals surface area contributed by atoms with E-state index in [1.807, 2.05) is 24.3 Å². The molecule has 1 aromatic carbocycles. The third-order valence-corrected chi connectivity index (χ3v) is 3.61. The standard InChI is InChI=1S/C17H19NO5/c1-20-9-7-18(10-13-6-8-21-11-13)17(19)16-12-22-14-4-2-3-5-15(14)23-16/h2-6,8,11,16H,7,9-10,12H2,1H3/t16-/m1/s1. The van der Waals surface area contributed by atoms with E-state index in [1.54, 1.807) is 30.6 Å². The third-order valence-electron chi connectivity index (χ3n) is 3.61. The predicted molar refractivity (Wildman–Crippen MR) is 82.4 cm³/mol. The monoisotopic (exact) mass is 317 g/mol. The van der Waals surface area contributed by atoms with Crippen LogP contribution in [0.1, 0.15) is 5.56 Å². The Labute approximate surface area is 134 Å². The van der Waals surface area contributed by atoms with E-state index < -0.39 is 6.10 Å². The van der Waals surface area contributed by atoms with Gasteiger partial charge in [-0.3, -0.25) is 4.79 Å². The van der Waals surface area contributed by atoms with Gasteiger partial charge >= 0.3 is 0 Å². The minimum Gasteiger partial charge on any atom is -0.485 e. The quantitative estimate of drug-likeness (QED) is 0.816. The molecule has 0 unspecified atom stereocenters. The highest BCUT2D eigenvalue weighted by molar-refractivity contribution is 5.82. The molecule has 1 aliphatic rings. The van der Waals surface area contributed by atoms with E-state index in [0.717, 1.165) is 5.56 Å². The second-order valence-corrected chi connectivity index (χ2v) is 5.25. The predicted octanol–water partition coefficient (Wildman–Crippen LogP) is 2.09. The topological polar surface area (TPSA) is 61.1 Å². The van der Waals surface area contributed by atoms with E-state index in [4.69, 9.17) is 18.6 Å². The van der Waals surface area contributed by atoms with Gasteiger partial charge in [-0.2, -0.15) is 0 Å². The molecular formula is C17H19NO5. The molecular weight excluding hydrogens is 298 g/mol. The summed E-state index contributed by atoms with van der Waals surface area (Å²) in [5, 5.41) is 0. The van der Waals surface area contributed by atoms with Crippen molar-refractivity contribution in [1.29, 1.82) is 0 Å². The van der Waals surface area contributed by atoms with E-state index in [1.165, 1.54) is 0 Å². The van der Waals surface area contributed by atoms with Crippen LogP contribution in [0.2, 0.25) is 0 Å². The van der Waals surface area contributed by atoms with E-state index in [0.29, 0.717) is 31.2 Å². The summed E-state index contributed by atoms with van der Waals surface area (Å²) in [6, 6.07) is 9.17. The lowest BCUT2D eigenvalue weighted by atomic mass is 10.2. The average molecular weight is 317 g/mol. The Morgan fingerprint density at radius 3 is 2.87 bits per heavy atom. The SMILES string of the molecule is COCCN(Cc1ccoc1)C(=O)[C@H]1COc2ccccc2O1. The maximum absolute atomic E-state index is 12.8. The first-order valence-corrected chi connectivity index (χ1v) is 7.45. The van der Waals surface area contributed by atoms with Crippen LogP contribution < -0.4 is 9.47 Å². The number of nitrogens with zero attached hydrogens (tertiary/aromatic N) is 1. The van der Waals surface area contributed by atoms with Crippen LogP contribution in [0, 0.1) is 0 Å². The fraction of sp³-hybridized carbons (Fsp3) is 0.353. The minimum absolute atomic E-state index is 0.127. The molecule has 1 atom stereocenters. The highest BCUT2D eigenvalue weighted by Crippen LogP contribution is 2.31. The van der Waals surface area contributed by atoms with Gasteiger partial charge in [0.2, 0.25) is 6.10 Å². The molecule has 1 aromatic heterocycles. The van der Waals surface area contributed by atoms with Gasteiger partial charge in [-0.15, -0.1) is 0 Å². The van der Waals surface area contributed by atoms with Crippen LogP contribution in [-0.2, 0) is 16.1 Å². The summed E-state index contributed by atoms with van der Waals surface area (Å²) in [4.78, 5) is 14.5. The van der Waals surface area contributed by atoms with Gasteiger partial charge < -0.3 is 23.5 Å². The molecule has 2 aromatic rings. The first kappa shape index (κ1) is 15.4. The summed E-state index contributed by atoms with van der Waals surface area (Å²) in [7, 11) is 1.61.